The Hall–Kier alpha value is -1.88. The molecule has 150 valence electrons. The lowest BCUT2D eigenvalue weighted by atomic mass is 9.48. The standard InChI is InChI=1S/C23H31N3O2/c1-14(22(28)26-13-21(27)25-19-5-3-4-6-20(19)26)24-15(2)23-10-16-7-17(11-23)9-18(8-16)12-23/h3-6,14-18,24H,7-13H2,1-2H3,(H,25,27)/p+1/t14-,15-,16?,17?,18?,23?/m1/s1. The van der Waals surface area contributed by atoms with E-state index in [9.17, 15) is 9.59 Å². The number of carbonyl (C=O) groups excluding carboxylic acids is 2. The van der Waals surface area contributed by atoms with Crippen LogP contribution in [0.15, 0.2) is 24.3 Å². The number of quaternary nitrogens is 1. The van der Waals surface area contributed by atoms with Crippen molar-refractivity contribution >= 4 is 23.2 Å². The number of para-hydroxylation sites is 2. The maximum Gasteiger partial charge on any atom is 0.285 e. The van der Waals surface area contributed by atoms with Gasteiger partial charge >= 0.3 is 0 Å². The summed E-state index contributed by atoms with van der Waals surface area (Å²) in [5, 5.41) is 5.17. The van der Waals surface area contributed by atoms with E-state index in [1.165, 1.54) is 38.5 Å². The molecular weight excluding hydrogens is 350 g/mol. The number of hydrogen-bond donors (Lipinski definition) is 2. The highest BCUT2D eigenvalue weighted by molar-refractivity contribution is 6.10. The van der Waals surface area contributed by atoms with E-state index in [1.807, 2.05) is 31.2 Å². The molecule has 0 spiro atoms. The van der Waals surface area contributed by atoms with Crippen molar-refractivity contribution in [2.24, 2.45) is 23.2 Å². The van der Waals surface area contributed by atoms with Crippen LogP contribution in [0.1, 0.15) is 52.4 Å². The summed E-state index contributed by atoms with van der Waals surface area (Å²) in [6.45, 7) is 4.46. The van der Waals surface area contributed by atoms with Crippen molar-refractivity contribution in [3.63, 3.8) is 0 Å². The SMILES string of the molecule is C[C@@H]([NH2+][C@H](C)C12CC3CC(CC(C3)C1)C2)C(=O)N1CC(=O)Nc2ccccc21. The van der Waals surface area contributed by atoms with Gasteiger partial charge < -0.3 is 10.6 Å². The Morgan fingerprint density at radius 3 is 2.36 bits per heavy atom. The smallest absolute Gasteiger partial charge is 0.285 e. The molecule has 4 aliphatic carbocycles. The van der Waals surface area contributed by atoms with Crippen molar-refractivity contribution in [2.75, 3.05) is 16.8 Å². The largest absolute Gasteiger partial charge is 0.334 e. The normalized spacial score (nSPS) is 35.3. The zero-order valence-corrected chi connectivity index (χ0v) is 17.0. The second kappa shape index (κ2) is 6.58. The van der Waals surface area contributed by atoms with E-state index in [2.05, 4.69) is 17.6 Å². The van der Waals surface area contributed by atoms with E-state index in [1.54, 1.807) is 4.90 Å². The molecule has 1 aromatic carbocycles. The van der Waals surface area contributed by atoms with Gasteiger partial charge in [-0.1, -0.05) is 12.1 Å². The van der Waals surface area contributed by atoms with Gasteiger partial charge in [-0.2, -0.15) is 0 Å². The third-order valence-corrected chi connectivity index (χ3v) is 8.06. The maximum atomic E-state index is 13.3. The molecule has 1 aliphatic heterocycles. The van der Waals surface area contributed by atoms with Crippen molar-refractivity contribution in [1.82, 2.24) is 0 Å². The molecule has 4 saturated carbocycles. The summed E-state index contributed by atoms with van der Waals surface area (Å²) < 4.78 is 0. The Balaban J connectivity index is 1.31. The molecule has 4 bridgehead atoms. The number of hydrogen-bond acceptors (Lipinski definition) is 2. The van der Waals surface area contributed by atoms with Crippen LogP contribution in [-0.4, -0.2) is 30.4 Å². The second-order valence-corrected chi connectivity index (χ2v) is 10.0. The summed E-state index contributed by atoms with van der Waals surface area (Å²) >= 11 is 0. The van der Waals surface area contributed by atoms with Crippen molar-refractivity contribution in [3.8, 4) is 0 Å². The van der Waals surface area contributed by atoms with Gasteiger partial charge in [0.05, 0.1) is 17.4 Å². The summed E-state index contributed by atoms with van der Waals surface area (Å²) in [5.74, 6) is 2.69. The number of nitrogens with zero attached hydrogens (tertiary/aromatic N) is 1. The van der Waals surface area contributed by atoms with Crippen molar-refractivity contribution in [2.45, 2.75) is 64.5 Å². The van der Waals surface area contributed by atoms with Crippen LogP contribution in [0.25, 0.3) is 0 Å². The van der Waals surface area contributed by atoms with Gasteiger partial charge in [0.15, 0.2) is 6.04 Å². The summed E-state index contributed by atoms with van der Waals surface area (Å²) in [7, 11) is 0. The van der Waals surface area contributed by atoms with Gasteiger partial charge in [-0.15, -0.1) is 0 Å². The average Bonchev–Trinajstić information content (AvgIpc) is 2.65. The highest BCUT2D eigenvalue weighted by atomic mass is 16.2. The van der Waals surface area contributed by atoms with Gasteiger partial charge in [-0.3, -0.25) is 14.5 Å². The molecule has 5 aliphatic rings. The molecule has 1 heterocycles. The molecule has 4 fully saturated rings. The van der Waals surface area contributed by atoms with Crippen LogP contribution >= 0.6 is 0 Å². The Bertz CT molecular complexity index is 770. The number of fused-ring (bicyclic) bond motifs is 1. The highest BCUT2D eigenvalue weighted by Crippen LogP contribution is 2.60. The van der Waals surface area contributed by atoms with E-state index in [-0.39, 0.29) is 24.4 Å². The van der Waals surface area contributed by atoms with Crippen molar-refractivity contribution in [1.29, 1.82) is 0 Å². The van der Waals surface area contributed by atoms with Crippen LogP contribution in [-0.2, 0) is 9.59 Å². The molecule has 0 unspecified atom stereocenters. The number of amides is 2. The molecule has 5 nitrogen and oxygen atoms in total. The van der Waals surface area contributed by atoms with Crippen molar-refractivity contribution < 1.29 is 14.9 Å². The van der Waals surface area contributed by atoms with Gasteiger partial charge in [0.1, 0.15) is 6.54 Å². The maximum absolute atomic E-state index is 13.3. The number of nitrogens with two attached hydrogens (primary N) is 1. The molecule has 6 rings (SSSR count). The molecule has 2 amide bonds. The molecule has 0 saturated heterocycles. The number of anilines is 2. The van der Waals surface area contributed by atoms with E-state index in [0.29, 0.717) is 11.5 Å². The van der Waals surface area contributed by atoms with Gasteiger partial charge in [0, 0.05) is 5.41 Å². The molecule has 5 heteroatoms. The molecule has 0 aromatic heterocycles. The minimum atomic E-state index is -0.179. The fourth-order valence-electron chi connectivity index (χ4n) is 7.13. The first-order valence-corrected chi connectivity index (χ1v) is 11.0. The predicted molar refractivity (Wildman–Crippen MR) is 109 cm³/mol. The first-order valence-electron chi connectivity index (χ1n) is 11.0. The Morgan fingerprint density at radius 1 is 1.11 bits per heavy atom. The predicted octanol–water partition coefficient (Wildman–Crippen LogP) is 2.53. The first kappa shape index (κ1) is 18.2. The quantitative estimate of drug-likeness (QED) is 0.840. The first-order chi connectivity index (χ1) is 13.4. The number of nitrogens with one attached hydrogen (secondary N) is 1. The minimum Gasteiger partial charge on any atom is -0.334 e. The molecule has 2 atom stereocenters. The van der Waals surface area contributed by atoms with Crippen molar-refractivity contribution in [3.05, 3.63) is 24.3 Å². The van der Waals surface area contributed by atoms with Crippen LogP contribution in [0.5, 0.6) is 0 Å². The topological polar surface area (TPSA) is 66.0 Å². The minimum absolute atomic E-state index is 0.0406. The highest BCUT2D eigenvalue weighted by Gasteiger charge is 2.55. The van der Waals surface area contributed by atoms with E-state index in [0.717, 1.165) is 29.1 Å². The van der Waals surface area contributed by atoms with Gasteiger partial charge in [-0.05, 0) is 82.3 Å². The lowest BCUT2D eigenvalue weighted by Crippen LogP contribution is -2.99. The molecule has 28 heavy (non-hydrogen) atoms. The number of carbonyl (C=O) groups is 2. The summed E-state index contributed by atoms with van der Waals surface area (Å²) in [6, 6.07) is 7.86. The van der Waals surface area contributed by atoms with E-state index >= 15 is 0 Å². The molecule has 1 aromatic rings. The summed E-state index contributed by atoms with van der Waals surface area (Å²) in [5.41, 5.74) is 1.96. The fourth-order valence-corrected chi connectivity index (χ4v) is 7.13. The Labute approximate surface area is 167 Å². The summed E-state index contributed by atoms with van der Waals surface area (Å²) in [4.78, 5) is 27.1. The lowest BCUT2D eigenvalue weighted by Gasteiger charge is -2.58. The van der Waals surface area contributed by atoms with Gasteiger partial charge in [0.25, 0.3) is 5.91 Å². The zero-order chi connectivity index (χ0) is 19.5. The van der Waals surface area contributed by atoms with Crippen LogP contribution in [0, 0.1) is 23.2 Å². The second-order valence-electron chi connectivity index (χ2n) is 10.0. The Kier molecular flexibility index (Phi) is 4.27. The third kappa shape index (κ3) is 2.95. The lowest BCUT2D eigenvalue weighted by molar-refractivity contribution is -0.718. The molecule has 0 radical (unpaired) electrons. The number of benzene rings is 1. The molecular formula is C23H32N3O2+. The average molecular weight is 383 g/mol. The van der Waals surface area contributed by atoms with Crippen LogP contribution < -0.4 is 15.5 Å². The van der Waals surface area contributed by atoms with E-state index in [4.69, 9.17) is 0 Å². The fraction of sp³-hybridized carbons (Fsp3) is 0.652. The van der Waals surface area contributed by atoms with Crippen LogP contribution in [0.3, 0.4) is 0 Å². The third-order valence-electron chi connectivity index (χ3n) is 8.06. The van der Waals surface area contributed by atoms with E-state index < -0.39 is 0 Å². The van der Waals surface area contributed by atoms with Gasteiger partial charge in [-0.25, -0.2) is 0 Å². The van der Waals surface area contributed by atoms with Crippen LogP contribution in [0.4, 0.5) is 11.4 Å². The monoisotopic (exact) mass is 382 g/mol. The Morgan fingerprint density at radius 2 is 1.71 bits per heavy atom. The van der Waals surface area contributed by atoms with Gasteiger partial charge in [0.2, 0.25) is 5.91 Å². The zero-order valence-electron chi connectivity index (χ0n) is 17.0. The van der Waals surface area contributed by atoms with Crippen LogP contribution in [0.2, 0.25) is 0 Å². The number of rotatable bonds is 4. The molecule has 3 N–H and O–H groups in total. The summed E-state index contributed by atoms with van der Waals surface area (Å²) in [6.07, 6.45) is 8.39.